The van der Waals surface area contributed by atoms with Crippen LogP contribution in [-0.2, 0) is 9.53 Å². The first-order valence-electron chi connectivity index (χ1n) is 4.68. The second-order valence-electron chi connectivity index (χ2n) is 4.41. The number of aliphatic hydroxyl groups excluding tert-OH is 1. The van der Waals surface area contributed by atoms with E-state index in [9.17, 15) is 4.79 Å². The van der Waals surface area contributed by atoms with Crippen LogP contribution in [0.4, 0.5) is 0 Å². The zero-order valence-corrected chi connectivity index (χ0v) is 8.96. The highest BCUT2D eigenvalue weighted by Gasteiger charge is 2.17. The van der Waals surface area contributed by atoms with Crippen molar-refractivity contribution in [2.45, 2.75) is 46.1 Å². The highest BCUT2D eigenvalue weighted by atomic mass is 16.6. The van der Waals surface area contributed by atoms with Crippen LogP contribution >= 0.6 is 0 Å². The van der Waals surface area contributed by atoms with Gasteiger partial charge in [0.2, 0.25) is 0 Å². The summed E-state index contributed by atoms with van der Waals surface area (Å²) in [6.07, 6.45) is 1.04. The summed E-state index contributed by atoms with van der Waals surface area (Å²) in [5, 5.41) is 8.63. The molecule has 3 nitrogen and oxygen atoms in total. The summed E-state index contributed by atoms with van der Waals surface area (Å²) in [6.45, 7) is 7.61. The smallest absolute Gasteiger partial charge is 0.306 e. The molecule has 0 radical (unpaired) electrons. The fraction of sp³-hybridized carbons (Fsp3) is 0.900. The van der Waals surface area contributed by atoms with Gasteiger partial charge in [-0.3, -0.25) is 4.79 Å². The average Bonchev–Trinajstić information content (AvgIpc) is 1.81. The van der Waals surface area contributed by atoms with Gasteiger partial charge in [0, 0.05) is 13.0 Å². The van der Waals surface area contributed by atoms with Crippen molar-refractivity contribution in [2.24, 2.45) is 5.92 Å². The second-order valence-corrected chi connectivity index (χ2v) is 4.41. The van der Waals surface area contributed by atoms with E-state index in [1.165, 1.54) is 0 Å². The van der Waals surface area contributed by atoms with Crippen LogP contribution in [0.2, 0.25) is 0 Å². The van der Waals surface area contributed by atoms with E-state index in [1.54, 1.807) is 0 Å². The topological polar surface area (TPSA) is 46.5 Å². The average molecular weight is 188 g/mol. The molecule has 0 unspecified atom stereocenters. The Morgan fingerprint density at radius 2 is 2.00 bits per heavy atom. The lowest BCUT2D eigenvalue weighted by Gasteiger charge is -2.20. The predicted molar refractivity (Wildman–Crippen MR) is 51.3 cm³/mol. The molecular weight excluding hydrogens is 168 g/mol. The number of hydrogen-bond acceptors (Lipinski definition) is 3. The van der Waals surface area contributed by atoms with Gasteiger partial charge < -0.3 is 9.84 Å². The Balaban J connectivity index is 3.74. The largest absolute Gasteiger partial charge is 0.460 e. The first-order chi connectivity index (χ1) is 5.85. The highest BCUT2D eigenvalue weighted by molar-refractivity contribution is 5.70. The summed E-state index contributed by atoms with van der Waals surface area (Å²) >= 11 is 0. The van der Waals surface area contributed by atoms with Gasteiger partial charge in [-0.2, -0.15) is 0 Å². The van der Waals surface area contributed by atoms with Gasteiger partial charge in [-0.1, -0.05) is 6.92 Å². The molecule has 13 heavy (non-hydrogen) atoms. The molecule has 0 saturated heterocycles. The van der Waals surface area contributed by atoms with E-state index in [4.69, 9.17) is 9.84 Å². The van der Waals surface area contributed by atoms with Crippen LogP contribution in [0.5, 0.6) is 0 Å². The molecule has 0 aromatic rings. The molecule has 3 heteroatoms. The lowest BCUT2D eigenvalue weighted by molar-refractivity contribution is -0.155. The zero-order chi connectivity index (χ0) is 10.5. The third-order valence-electron chi connectivity index (χ3n) is 1.56. The minimum Gasteiger partial charge on any atom is -0.460 e. The van der Waals surface area contributed by atoms with E-state index in [-0.39, 0.29) is 18.5 Å². The second kappa shape index (κ2) is 5.22. The zero-order valence-electron chi connectivity index (χ0n) is 8.96. The van der Waals surface area contributed by atoms with Gasteiger partial charge in [0.25, 0.3) is 0 Å². The molecule has 0 heterocycles. The standard InChI is InChI=1S/C10H20O3/c1-8(5-6-11)7-9(12)13-10(2,3)4/h8,11H,5-7H2,1-4H3/t8-/m1/s1. The van der Waals surface area contributed by atoms with Crippen LogP contribution < -0.4 is 0 Å². The van der Waals surface area contributed by atoms with Gasteiger partial charge in [-0.05, 0) is 33.1 Å². The van der Waals surface area contributed by atoms with Gasteiger partial charge >= 0.3 is 5.97 Å². The van der Waals surface area contributed by atoms with Gasteiger partial charge in [0.15, 0.2) is 0 Å². The van der Waals surface area contributed by atoms with Crippen molar-refractivity contribution in [2.75, 3.05) is 6.61 Å². The molecule has 1 atom stereocenters. The fourth-order valence-corrected chi connectivity index (χ4v) is 0.990. The number of carbonyl (C=O) groups excluding carboxylic acids is 1. The Morgan fingerprint density at radius 3 is 2.38 bits per heavy atom. The molecule has 0 aromatic carbocycles. The van der Waals surface area contributed by atoms with E-state index in [0.29, 0.717) is 12.8 Å². The van der Waals surface area contributed by atoms with Crippen LogP contribution in [0.1, 0.15) is 40.5 Å². The summed E-state index contributed by atoms with van der Waals surface area (Å²) in [6, 6.07) is 0. The number of ether oxygens (including phenoxy) is 1. The van der Waals surface area contributed by atoms with E-state index in [2.05, 4.69) is 0 Å². The van der Waals surface area contributed by atoms with Crippen LogP contribution in [0, 0.1) is 5.92 Å². The molecule has 0 aliphatic heterocycles. The summed E-state index contributed by atoms with van der Waals surface area (Å²) in [5.74, 6) is 0.00769. The lowest BCUT2D eigenvalue weighted by Crippen LogP contribution is -2.25. The van der Waals surface area contributed by atoms with E-state index >= 15 is 0 Å². The van der Waals surface area contributed by atoms with Crippen LogP contribution in [0.15, 0.2) is 0 Å². The fourth-order valence-electron chi connectivity index (χ4n) is 0.990. The van der Waals surface area contributed by atoms with E-state index < -0.39 is 5.60 Å². The number of aliphatic hydroxyl groups is 1. The minimum atomic E-state index is -0.407. The number of esters is 1. The van der Waals surface area contributed by atoms with Crippen molar-refractivity contribution < 1.29 is 14.6 Å². The van der Waals surface area contributed by atoms with E-state index in [1.807, 2.05) is 27.7 Å². The normalized spacial score (nSPS) is 13.9. The molecule has 1 N–H and O–H groups in total. The van der Waals surface area contributed by atoms with Crippen LogP contribution in [0.3, 0.4) is 0 Å². The maximum atomic E-state index is 11.2. The highest BCUT2D eigenvalue weighted by Crippen LogP contribution is 2.13. The van der Waals surface area contributed by atoms with E-state index in [0.717, 1.165) is 0 Å². The lowest BCUT2D eigenvalue weighted by atomic mass is 10.0. The van der Waals surface area contributed by atoms with Gasteiger partial charge in [-0.25, -0.2) is 0 Å². The van der Waals surface area contributed by atoms with Gasteiger partial charge in [0.05, 0.1) is 0 Å². The third-order valence-corrected chi connectivity index (χ3v) is 1.56. The Morgan fingerprint density at radius 1 is 1.46 bits per heavy atom. The Labute approximate surface area is 80.1 Å². The Kier molecular flexibility index (Phi) is 4.99. The van der Waals surface area contributed by atoms with Crippen LogP contribution in [0.25, 0.3) is 0 Å². The van der Waals surface area contributed by atoms with Crippen molar-refractivity contribution in [1.29, 1.82) is 0 Å². The SMILES string of the molecule is C[C@H](CCO)CC(=O)OC(C)(C)C. The molecule has 78 valence electrons. The van der Waals surface area contributed by atoms with Gasteiger partial charge in [0.1, 0.15) is 5.60 Å². The monoisotopic (exact) mass is 188 g/mol. The molecule has 0 aliphatic carbocycles. The summed E-state index contributed by atoms with van der Waals surface area (Å²) in [4.78, 5) is 11.2. The molecule has 0 aliphatic rings. The predicted octanol–water partition coefficient (Wildman–Crippen LogP) is 1.74. The number of hydrogen-bond donors (Lipinski definition) is 1. The van der Waals surface area contributed by atoms with Crippen molar-refractivity contribution in [1.82, 2.24) is 0 Å². The third kappa shape index (κ3) is 7.78. The summed E-state index contributed by atoms with van der Waals surface area (Å²) in [5.41, 5.74) is -0.407. The first-order valence-corrected chi connectivity index (χ1v) is 4.68. The first kappa shape index (κ1) is 12.4. The Bertz CT molecular complexity index is 158. The van der Waals surface area contributed by atoms with Crippen molar-refractivity contribution in [3.63, 3.8) is 0 Å². The number of rotatable bonds is 4. The molecule has 0 saturated carbocycles. The maximum Gasteiger partial charge on any atom is 0.306 e. The summed E-state index contributed by atoms with van der Waals surface area (Å²) in [7, 11) is 0. The Hall–Kier alpha value is -0.570. The maximum absolute atomic E-state index is 11.2. The molecular formula is C10H20O3. The van der Waals surface area contributed by atoms with Gasteiger partial charge in [-0.15, -0.1) is 0 Å². The molecule has 0 spiro atoms. The molecule has 0 fully saturated rings. The number of carbonyl (C=O) groups is 1. The van der Waals surface area contributed by atoms with Crippen LogP contribution in [-0.4, -0.2) is 23.3 Å². The van der Waals surface area contributed by atoms with Crippen molar-refractivity contribution >= 4 is 5.97 Å². The van der Waals surface area contributed by atoms with Crippen molar-refractivity contribution in [3.05, 3.63) is 0 Å². The van der Waals surface area contributed by atoms with Crippen molar-refractivity contribution in [3.8, 4) is 0 Å². The molecule has 0 rings (SSSR count). The summed E-state index contributed by atoms with van der Waals surface area (Å²) < 4.78 is 5.13. The molecule has 0 aromatic heterocycles. The molecule has 0 amide bonds. The quantitative estimate of drug-likeness (QED) is 0.683. The minimum absolute atomic E-state index is 0.129. The molecule has 0 bridgehead atoms.